The zero-order chi connectivity index (χ0) is 22.7. The molecular weight excluding hydrogens is 392 g/mol. The van der Waals surface area contributed by atoms with Crippen LogP contribution in [0.3, 0.4) is 0 Å². The van der Waals surface area contributed by atoms with E-state index < -0.39 is 0 Å². The van der Waals surface area contributed by atoms with Gasteiger partial charge < -0.3 is 20.2 Å². The highest BCUT2D eigenvalue weighted by Gasteiger charge is 2.17. The molecule has 1 rings (SSSR count). The van der Waals surface area contributed by atoms with Crippen LogP contribution in [0.1, 0.15) is 83.1 Å². The number of nitrogens with one attached hydrogen (secondary N) is 2. The molecule has 0 spiro atoms. The van der Waals surface area contributed by atoms with Crippen LogP contribution >= 0.6 is 0 Å². The largest absolute Gasteiger partial charge is 0.460 e. The van der Waals surface area contributed by atoms with Gasteiger partial charge in [0, 0.05) is 19.4 Å². The Kier molecular flexibility index (Phi) is 15.1. The van der Waals surface area contributed by atoms with Crippen molar-refractivity contribution in [3.05, 3.63) is 35.9 Å². The molecule has 2 N–H and O–H groups in total. The maximum atomic E-state index is 12.2. The molecule has 31 heavy (non-hydrogen) atoms. The number of rotatable bonds is 18. The van der Waals surface area contributed by atoms with Crippen LogP contribution in [0.25, 0.3) is 0 Å². The Bertz CT molecular complexity index is 634. The standard InChI is InChI=1S/C25H40N2O4/c1-21(28)14-8-5-3-4-6-11-18-24(29)27-19-13-12-17-23(26-2)25(30)31-20-22-15-9-7-10-16-22/h7,9-10,15-16,23,26H,3-6,8,11-14,17-20H2,1-2H3,(H,27,29). The number of amides is 1. The lowest BCUT2D eigenvalue weighted by atomic mass is 10.1. The molecule has 1 atom stereocenters. The van der Waals surface area contributed by atoms with Gasteiger partial charge in [0.05, 0.1) is 0 Å². The summed E-state index contributed by atoms with van der Waals surface area (Å²) >= 11 is 0. The molecule has 0 aromatic heterocycles. The van der Waals surface area contributed by atoms with E-state index in [2.05, 4.69) is 10.6 Å². The highest BCUT2D eigenvalue weighted by atomic mass is 16.5. The molecule has 174 valence electrons. The Morgan fingerprint density at radius 2 is 1.52 bits per heavy atom. The normalized spacial score (nSPS) is 11.7. The highest BCUT2D eigenvalue weighted by molar-refractivity contribution is 5.76. The zero-order valence-electron chi connectivity index (χ0n) is 19.3. The fourth-order valence-corrected chi connectivity index (χ4v) is 3.37. The van der Waals surface area contributed by atoms with Crippen molar-refractivity contribution >= 4 is 17.7 Å². The van der Waals surface area contributed by atoms with E-state index in [0.29, 0.717) is 25.8 Å². The average molecular weight is 433 g/mol. The lowest BCUT2D eigenvalue weighted by molar-refractivity contribution is -0.147. The number of ether oxygens (including phenoxy) is 1. The van der Waals surface area contributed by atoms with E-state index in [9.17, 15) is 14.4 Å². The van der Waals surface area contributed by atoms with Crippen LogP contribution in [0.5, 0.6) is 0 Å². The minimum Gasteiger partial charge on any atom is -0.460 e. The third-order valence-corrected chi connectivity index (χ3v) is 5.28. The van der Waals surface area contributed by atoms with Gasteiger partial charge in [-0.15, -0.1) is 0 Å². The first-order valence-electron chi connectivity index (χ1n) is 11.7. The molecule has 6 nitrogen and oxygen atoms in total. The van der Waals surface area contributed by atoms with Crippen molar-refractivity contribution in [1.29, 1.82) is 0 Å². The summed E-state index contributed by atoms with van der Waals surface area (Å²) in [6.45, 7) is 2.56. The predicted molar refractivity (Wildman–Crippen MR) is 124 cm³/mol. The molecule has 0 saturated carbocycles. The van der Waals surface area contributed by atoms with Gasteiger partial charge in [0.15, 0.2) is 0 Å². The number of hydrogen-bond donors (Lipinski definition) is 2. The van der Waals surface area contributed by atoms with E-state index in [1.54, 1.807) is 14.0 Å². The molecule has 1 aromatic rings. The summed E-state index contributed by atoms with van der Waals surface area (Å²) in [5.74, 6) is 0.127. The smallest absolute Gasteiger partial charge is 0.323 e. The van der Waals surface area contributed by atoms with E-state index >= 15 is 0 Å². The number of benzene rings is 1. The van der Waals surface area contributed by atoms with Crippen LogP contribution in [-0.2, 0) is 25.7 Å². The van der Waals surface area contributed by atoms with Gasteiger partial charge in [-0.25, -0.2) is 0 Å². The van der Waals surface area contributed by atoms with Crippen molar-refractivity contribution in [2.75, 3.05) is 13.6 Å². The number of Topliss-reactive ketones (excluding diaryl/α,β-unsaturated/α-hetero) is 1. The monoisotopic (exact) mass is 432 g/mol. The molecule has 1 amide bonds. The number of carbonyl (C=O) groups is 3. The highest BCUT2D eigenvalue weighted by Crippen LogP contribution is 2.09. The minimum absolute atomic E-state index is 0.101. The summed E-state index contributed by atoms with van der Waals surface area (Å²) in [5.41, 5.74) is 0.974. The Morgan fingerprint density at radius 1 is 0.871 bits per heavy atom. The van der Waals surface area contributed by atoms with Gasteiger partial charge in [0.2, 0.25) is 5.91 Å². The molecule has 0 saturated heterocycles. The molecule has 0 aliphatic rings. The van der Waals surface area contributed by atoms with Crippen molar-refractivity contribution in [2.24, 2.45) is 0 Å². The third-order valence-electron chi connectivity index (χ3n) is 5.28. The van der Waals surface area contributed by atoms with Crippen molar-refractivity contribution in [2.45, 2.75) is 90.2 Å². The van der Waals surface area contributed by atoms with Gasteiger partial charge in [-0.05, 0) is 51.6 Å². The second kappa shape index (κ2) is 17.5. The second-order valence-corrected chi connectivity index (χ2v) is 8.10. The fraction of sp³-hybridized carbons (Fsp3) is 0.640. The molecule has 0 radical (unpaired) electrons. The molecule has 0 fully saturated rings. The first kappa shape index (κ1) is 26.8. The van der Waals surface area contributed by atoms with E-state index in [4.69, 9.17) is 4.74 Å². The number of ketones is 1. The maximum Gasteiger partial charge on any atom is 0.323 e. The summed E-state index contributed by atoms with van der Waals surface area (Å²) in [6.07, 6.45) is 9.92. The number of likely N-dealkylation sites (N-methyl/N-ethyl adjacent to an activating group) is 1. The molecule has 0 heterocycles. The van der Waals surface area contributed by atoms with Gasteiger partial charge in [0.1, 0.15) is 18.4 Å². The van der Waals surface area contributed by atoms with Gasteiger partial charge in [-0.2, -0.15) is 0 Å². The summed E-state index contributed by atoms with van der Waals surface area (Å²) < 4.78 is 5.39. The summed E-state index contributed by atoms with van der Waals surface area (Å²) in [7, 11) is 1.76. The molecular formula is C25H40N2O4. The zero-order valence-corrected chi connectivity index (χ0v) is 19.3. The van der Waals surface area contributed by atoms with Crippen LogP contribution in [0, 0.1) is 0 Å². The summed E-state index contributed by atoms with van der Waals surface area (Å²) in [4.78, 5) is 35.0. The Balaban J connectivity index is 2.00. The van der Waals surface area contributed by atoms with E-state index in [-0.39, 0.29) is 30.3 Å². The van der Waals surface area contributed by atoms with Gasteiger partial charge in [0.25, 0.3) is 0 Å². The van der Waals surface area contributed by atoms with Crippen LogP contribution in [-0.4, -0.2) is 37.3 Å². The number of hydrogen-bond acceptors (Lipinski definition) is 5. The lowest BCUT2D eigenvalue weighted by Crippen LogP contribution is -2.35. The van der Waals surface area contributed by atoms with Crippen LogP contribution in [0.4, 0.5) is 0 Å². The fourth-order valence-electron chi connectivity index (χ4n) is 3.37. The summed E-state index contributed by atoms with van der Waals surface area (Å²) in [6, 6.07) is 9.32. The van der Waals surface area contributed by atoms with Crippen LogP contribution < -0.4 is 10.6 Å². The topological polar surface area (TPSA) is 84.5 Å². The molecule has 0 aliphatic carbocycles. The molecule has 1 unspecified atom stereocenters. The van der Waals surface area contributed by atoms with Crippen LogP contribution in [0.2, 0.25) is 0 Å². The first-order valence-corrected chi connectivity index (χ1v) is 11.7. The number of esters is 1. The number of unbranched alkanes of at least 4 members (excludes halogenated alkanes) is 6. The van der Waals surface area contributed by atoms with Crippen molar-refractivity contribution in [1.82, 2.24) is 10.6 Å². The van der Waals surface area contributed by atoms with E-state index in [0.717, 1.165) is 56.9 Å². The Hall–Kier alpha value is -2.21. The van der Waals surface area contributed by atoms with E-state index in [1.807, 2.05) is 30.3 Å². The Morgan fingerprint density at radius 3 is 2.16 bits per heavy atom. The quantitative estimate of drug-likeness (QED) is 0.267. The molecule has 0 aliphatic heterocycles. The Labute approximate surface area is 187 Å². The predicted octanol–water partition coefficient (Wildman–Crippen LogP) is 4.31. The minimum atomic E-state index is -0.324. The van der Waals surface area contributed by atoms with Crippen molar-refractivity contribution in [3.8, 4) is 0 Å². The SMILES string of the molecule is CNC(CCCCNC(=O)CCCCCCCCC(C)=O)C(=O)OCc1ccccc1. The van der Waals surface area contributed by atoms with Gasteiger partial charge >= 0.3 is 5.97 Å². The van der Waals surface area contributed by atoms with Crippen molar-refractivity contribution < 1.29 is 19.1 Å². The van der Waals surface area contributed by atoms with Gasteiger partial charge in [-0.3, -0.25) is 9.59 Å². The second-order valence-electron chi connectivity index (χ2n) is 8.10. The average Bonchev–Trinajstić information content (AvgIpc) is 2.77. The van der Waals surface area contributed by atoms with E-state index in [1.165, 1.54) is 0 Å². The third kappa shape index (κ3) is 14.4. The molecule has 1 aromatic carbocycles. The van der Waals surface area contributed by atoms with Gasteiger partial charge in [-0.1, -0.05) is 56.0 Å². The molecule has 0 bridgehead atoms. The van der Waals surface area contributed by atoms with Crippen molar-refractivity contribution in [3.63, 3.8) is 0 Å². The molecule has 6 heteroatoms. The summed E-state index contributed by atoms with van der Waals surface area (Å²) in [5, 5.41) is 5.98. The number of carbonyl (C=O) groups excluding carboxylic acids is 3. The lowest BCUT2D eigenvalue weighted by Gasteiger charge is -2.15. The first-order chi connectivity index (χ1) is 15.0. The van der Waals surface area contributed by atoms with Crippen LogP contribution in [0.15, 0.2) is 30.3 Å². The maximum absolute atomic E-state index is 12.2.